The van der Waals surface area contributed by atoms with Gasteiger partial charge >= 0.3 is 17.9 Å². The summed E-state index contributed by atoms with van der Waals surface area (Å²) in [5, 5.41) is 0. The molecule has 0 aliphatic heterocycles. The molecule has 79 heavy (non-hydrogen) atoms. The van der Waals surface area contributed by atoms with Crippen LogP contribution in [0.15, 0.2) is 72.9 Å². The van der Waals surface area contributed by atoms with Gasteiger partial charge in [0, 0.05) is 19.3 Å². The molecule has 0 saturated heterocycles. The molecule has 0 rings (SSSR count). The van der Waals surface area contributed by atoms with Gasteiger partial charge in [0.15, 0.2) is 6.10 Å². The molecule has 1 atom stereocenters. The summed E-state index contributed by atoms with van der Waals surface area (Å²) in [6.07, 6.45) is 87.8. The van der Waals surface area contributed by atoms with Gasteiger partial charge in [-0.25, -0.2) is 0 Å². The summed E-state index contributed by atoms with van der Waals surface area (Å²) in [7, 11) is 0. The van der Waals surface area contributed by atoms with E-state index in [-0.39, 0.29) is 37.5 Å². The van der Waals surface area contributed by atoms with Crippen LogP contribution in [-0.2, 0) is 28.6 Å². The molecule has 0 aromatic rings. The quantitative estimate of drug-likeness (QED) is 0.0261. The van der Waals surface area contributed by atoms with Crippen molar-refractivity contribution >= 4 is 17.9 Å². The lowest BCUT2D eigenvalue weighted by atomic mass is 10.0. The first kappa shape index (κ1) is 75.8. The maximum Gasteiger partial charge on any atom is 0.306 e. The zero-order valence-corrected chi connectivity index (χ0v) is 52.6. The first-order chi connectivity index (χ1) is 39.0. The van der Waals surface area contributed by atoms with E-state index in [0.29, 0.717) is 19.3 Å². The molecule has 458 valence electrons. The number of esters is 3. The Morgan fingerprint density at radius 3 is 0.772 bits per heavy atom. The first-order valence-electron chi connectivity index (χ1n) is 34.4. The van der Waals surface area contributed by atoms with Crippen molar-refractivity contribution in [3.63, 3.8) is 0 Å². The molecule has 0 radical (unpaired) electrons. The summed E-state index contributed by atoms with van der Waals surface area (Å²) in [4.78, 5) is 38.4. The summed E-state index contributed by atoms with van der Waals surface area (Å²) in [5.74, 6) is -0.909. The third-order valence-electron chi connectivity index (χ3n) is 15.2. The fourth-order valence-corrected chi connectivity index (χ4v) is 10.1. The zero-order chi connectivity index (χ0) is 57.1. The van der Waals surface area contributed by atoms with Crippen LogP contribution in [0.4, 0.5) is 0 Å². The van der Waals surface area contributed by atoms with E-state index in [1.807, 2.05) is 0 Å². The van der Waals surface area contributed by atoms with Crippen LogP contribution in [0.3, 0.4) is 0 Å². The van der Waals surface area contributed by atoms with Gasteiger partial charge in [-0.05, 0) is 70.6 Å². The Morgan fingerprint density at radius 1 is 0.266 bits per heavy atom. The average molecular weight is 1100 g/mol. The smallest absolute Gasteiger partial charge is 0.306 e. The summed E-state index contributed by atoms with van der Waals surface area (Å²) in [5.41, 5.74) is 0. The van der Waals surface area contributed by atoms with Gasteiger partial charge in [0.25, 0.3) is 0 Å². The third kappa shape index (κ3) is 65.5. The van der Waals surface area contributed by atoms with E-state index < -0.39 is 6.10 Å². The fourth-order valence-electron chi connectivity index (χ4n) is 10.1. The second-order valence-electron chi connectivity index (χ2n) is 23.1. The predicted octanol–water partition coefficient (Wildman–Crippen LogP) is 23.7. The fraction of sp³-hybridized carbons (Fsp3) is 0.795. The molecule has 0 aliphatic rings. The van der Waals surface area contributed by atoms with Crippen LogP contribution in [0.5, 0.6) is 0 Å². The van der Waals surface area contributed by atoms with Crippen molar-refractivity contribution in [2.24, 2.45) is 0 Å². The summed E-state index contributed by atoms with van der Waals surface area (Å²) < 4.78 is 17.0. The molecule has 0 aromatic heterocycles. The van der Waals surface area contributed by atoms with Crippen LogP contribution >= 0.6 is 0 Å². The number of allylic oxidation sites excluding steroid dienone is 12. The lowest BCUT2D eigenvalue weighted by Gasteiger charge is -2.18. The lowest BCUT2D eigenvalue weighted by Crippen LogP contribution is -2.30. The van der Waals surface area contributed by atoms with Crippen molar-refractivity contribution in [3.05, 3.63) is 72.9 Å². The van der Waals surface area contributed by atoms with E-state index in [9.17, 15) is 14.4 Å². The van der Waals surface area contributed by atoms with Gasteiger partial charge in [-0.2, -0.15) is 0 Å². The Kier molecular flexibility index (Phi) is 64.7. The second kappa shape index (κ2) is 67.4. The molecule has 0 saturated carbocycles. The highest BCUT2D eigenvalue weighted by Crippen LogP contribution is 2.18. The number of carbonyl (C=O) groups excluding carboxylic acids is 3. The molecular weight excluding hydrogens is 973 g/mol. The van der Waals surface area contributed by atoms with Crippen LogP contribution < -0.4 is 0 Å². The van der Waals surface area contributed by atoms with Gasteiger partial charge in [0.05, 0.1) is 0 Å². The van der Waals surface area contributed by atoms with Crippen LogP contribution in [0.25, 0.3) is 0 Å². The minimum absolute atomic E-state index is 0.0884. The molecule has 0 aromatic carbocycles. The highest BCUT2D eigenvalue weighted by molar-refractivity contribution is 5.71. The first-order valence-corrected chi connectivity index (χ1v) is 34.4. The Balaban J connectivity index is 4.40. The van der Waals surface area contributed by atoms with Crippen LogP contribution in [0.1, 0.15) is 355 Å². The maximum atomic E-state index is 12.9. The monoisotopic (exact) mass is 1100 g/mol. The van der Waals surface area contributed by atoms with Crippen LogP contribution in [0.2, 0.25) is 0 Å². The molecule has 0 fully saturated rings. The number of unbranched alkanes of at least 4 members (excludes halogenated alkanes) is 40. The largest absolute Gasteiger partial charge is 0.462 e. The Hall–Kier alpha value is -3.15. The lowest BCUT2D eigenvalue weighted by molar-refractivity contribution is -0.167. The van der Waals surface area contributed by atoms with Gasteiger partial charge in [-0.1, -0.05) is 338 Å². The van der Waals surface area contributed by atoms with Gasteiger partial charge in [-0.3, -0.25) is 14.4 Å². The van der Waals surface area contributed by atoms with E-state index in [1.54, 1.807) is 0 Å². The normalized spacial score (nSPS) is 12.5. The van der Waals surface area contributed by atoms with Gasteiger partial charge < -0.3 is 14.2 Å². The third-order valence-corrected chi connectivity index (χ3v) is 15.2. The Labute approximate surface area is 491 Å². The molecule has 0 spiro atoms. The van der Waals surface area contributed by atoms with Crippen molar-refractivity contribution in [1.82, 2.24) is 0 Å². The van der Waals surface area contributed by atoms with Gasteiger partial charge in [0.2, 0.25) is 0 Å². The molecule has 0 bridgehead atoms. The van der Waals surface area contributed by atoms with Gasteiger partial charge in [-0.15, -0.1) is 0 Å². The summed E-state index contributed by atoms with van der Waals surface area (Å²) in [6.45, 7) is 6.56. The van der Waals surface area contributed by atoms with Crippen molar-refractivity contribution < 1.29 is 28.6 Å². The van der Waals surface area contributed by atoms with E-state index in [0.717, 1.165) is 89.9 Å². The molecule has 0 heterocycles. The second-order valence-corrected chi connectivity index (χ2v) is 23.1. The number of ether oxygens (including phenoxy) is 3. The minimum atomic E-state index is -0.798. The predicted molar refractivity (Wildman–Crippen MR) is 344 cm³/mol. The Morgan fingerprint density at radius 2 is 0.494 bits per heavy atom. The standard InChI is InChI=1S/C73H130O6/c1-4-7-10-13-16-19-22-25-28-31-34-36-38-39-42-45-48-51-54-57-60-63-66-72(75)78-69-70(68-77-71(74)65-62-59-56-53-50-47-44-41-33-30-27-24-21-18-15-12-9-6-3)79-73(76)67-64-61-58-55-52-49-46-43-40-37-35-32-29-26-23-20-17-14-11-8-5-2/h8,11,17,20,26,29,35,37,43,46,52,55,70H,4-7,9-10,12-16,18-19,21-25,27-28,30-34,36,38-42,44-45,47-51,53-54,56-69H2,1-3H3/b11-8-,20-17-,29-26-,37-35-,46-43-,55-52-. The molecule has 0 N–H and O–H groups in total. The van der Waals surface area contributed by atoms with E-state index in [1.165, 1.54) is 218 Å². The highest BCUT2D eigenvalue weighted by atomic mass is 16.6. The Bertz CT molecular complexity index is 1450. The number of hydrogen-bond donors (Lipinski definition) is 0. The molecule has 6 heteroatoms. The SMILES string of the molecule is CC/C=C\C/C=C\C/C=C\C/C=C\C/C=C\C/C=C\CCCCC(=O)OC(COC(=O)CCCCCCCCCCCCCCCCCCCC)COC(=O)CCCCCCCCCCCCCCCCCCCCCCCC. The number of rotatable bonds is 63. The van der Waals surface area contributed by atoms with Crippen LogP contribution in [0, 0.1) is 0 Å². The molecule has 0 aliphatic carbocycles. The van der Waals surface area contributed by atoms with Crippen molar-refractivity contribution in [2.75, 3.05) is 13.2 Å². The molecule has 6 nitrogen and oxygen atoms in total. The minimum Gasteiger partial charge on any atom is -0.462 e. The van der Waals surface area contributed by atoms with Crippen molar-refractivity contribution in [1.29, 1.82) is 0 Å². The van der Waals surface area contributed by atoms with Crippen molar-refractivity contribution in [2.45, 2.75) is 361 Å². The topological polar surface area (TPSA) is 78.9 Å². The van der Waals surface area contributed by atoms with Gasteiger partial charge in [0.1, 0.15) is 13.2 Å². The summed E-state index contributed by atoms with van der Waals surface area (Å²) >= 11 is 0. The van der Waals surface area contributed by atoms with E-state index in [2.05, 4.69) is 93.7 Å². The van der Waals surface area contributed by atoms with E-state index in [4.69, 9.17) is 14.2 Å². The van der Waals surface area contributed by atoms with Crippen LogP contribution in [-0.4, -0.2) is 37.2 Å². The van der Waals surface area contributed by atoms with Crippen molar-refractivity contribution in [3.8, 4) is 0 Å². The molecule has 1 unspecified atom stereocenters. The molecule has 0 amide bonds. The van der Waals surface area contributed by atoms with E-state index >= 15 is 0 Å². The zero-order valence-electron chi connectivity index (χ0n) is 52.6. The maximum absolute atomic E-state index is 12.9. The molecular formula is C73H130O6. The highest BCUT2D eigenvalue weighted by Gasteiger charge is 2.19. The summed E-state index contributed by atoms with van der Waals surface area (Å²) in [6, 6.07) is 0. The number of carbonyl (C=O) groups is 3. The average Bonchev–Trinajstić information content (AvgIpc) is 3.45. The number of hydrogen-bond acceptors (Lipinski definition) is 6.